The lowest BCUT2D eigenvalue weighted by Crippen LogP contribution is -2.18. The summed E-state index contributed by atoms with van der Waals surface area (Å²) in [5, 5.41) is 0.112. The topological polar surface area (TPSA) is 89.3 Å². The Kier molecular flexibility index (Phi) is 5.19. The Morgan fingerprint density at radius 2 is 1.74 bits per heavy atom. The van der Waals surface area contributed by atoms with E-state index in [-0.39, 0.29) is 14.9 Å². The summed E-state index contributed by atoms with van der Waals surface area (Å²) < 4.78 is 27.2. The fourth-order valence-electron chi connectivity index (χ4n) is 1.91. The zero-order valence-corrected chi connectivity index (χ0v) is 14.4. The molecule has 2 rings (SSSR count). The number of nitrogens with two attached hydrogens (primary N) is 1. The molecule has 0 bridgehead atoms. The van der Waals surface area contributed by atoms with Crippen molar-refractivity contribution in [3.8, 4) is 0 Å². The number of amides is 1. The third-order valence-electron chi connectivity index (χ3n) is 3.30. The number of carbonyl (C=O) groups excluding carboxylic acids is 1. The highest BCUT2D eigenvalue weighted by molar-refractivity contribution is 7.92. The number of halogens is 2. The van der Waals surface area contributed by atoms with Crippen LogP contribution in [0.2, 0.25) is 10.0 Å². The molecule has 23 heavy (non-hydrogen) atoms. The van der Waals surface area contributed by atoms with Gasteiger partial charge in [0, 0.05) is 5.69 Å². The summed E-state index contributed by atoms with van der Waals surface area (Å²) in [6, 6.07) is 10.7. The summed E-state index contributed by atoms with van der Waals surface area (Å²) in [6.07, 6.45) is 0. The molecule has 0 aliphatic rings. The summed E-state index contributed by atoms with van der Waals surface area (Å²) in [7, 11) is -3.87. The van der Waals surface area contributed by atoms with Crippen molar-refractivity contribution in [3.63, 3.8) is 0 Å². The largest absolute Gasteiger partial charge is 0.369 e. The van der Waals surface area contributed by atoms with Gasteiger partial charge in [0.15, 0.2) is 0 Å². The zero-order valence-electron chi connectivity index (χ0n) is 12.1. The van der Waals surface area contributed by atoms with Crippen molar-refractivity contribution >= 4 is 44.8 Å². The van der Waals surface area contributed by atoms with Crippen molar-refractivity contribution < 1.29 is 13.2 Å². The maximum atomic E-state index is 12.4. The van der Waals surface area contributed by atoms with Crippen LogP contribution < -0.4 is 10.5 Å². The van der Waals surface area contributed by atoms with Gasteiger partial charge >= 0.3 is 0 Å². The Balaban J connectivity index is 2.28. The molecule has 5 nitrogen and oxygen atoms in total. The zero-order chi connectivity index (χ0) is 17.2. The maximum absolute atomic E-state index is 12.4. The van der Waals surface area contributed by atoms with E-state index in [0.29, 0.717) is 11.3 Å². The van der Waals surface area contributed by atoms with Crippen molar-refractivity contribution in [1.29, 1.82) is 0 Å². The van der Waals surface area contributed by atoms with Crippen LogP contribution in [0.3, 0.4) is 0 Å². The van der Waals surface area contributed by atoms with Gasteiger partial charge in [-0.25, -0.2) is 8.42 Å². The van der Waals surface area contributed by atoms with Crippen LogP contribution in [0.25, 0.3) is 0 Å². The van der Waals surface area contributed by atoms with Crippen molar-refractivity contribution in [1.82, 2.24) is 0 Å². The molecule has 0 aromatic heterocycles. The van der Waals surface area contributed by atoms with Gasteiger partial charge in [-0.3, -0.25) is 9.52 Å². The van der Waals surface area contributed by atoms with Gasteiger partial charge in [0.2, 0.25) is 5.91 Å². The van der Waals surface area contributed by atoms with Crippen LogP contribution in [0.5, 0.6) is 0 Å². The molecule has 8 heteroatoms. The molecule has 2 aromatic rings. The van der Waals surface area contributed by atoms with E-state index in [1.807, 2.05) is 0 Å². The Bertz CT molecular complexity index is 836. The first-order valence-electron chi connectivity index (χ1n) is 6.58. The predicted molar refractivity (Wildman–Crippen MR) is 91.3 cm³/mol. The molecule has 1 unspecified atom stereocenters. The second-order valence-corrected chi connectivity index (χ2v) is 7.34. The highest BCUT2D eigenvalue weighted by Crippen LogP contribution is 2.30. The molecule has 0 heterocycles. The smallest absolute Gasteiger partial charge is 0.263 e. The van der Waals surface area contributed by atoms with Gasteiger partial charge in [0.1, 0.15) is 4.90 Å². The second kappa shape index (κ2) is 6.78. The lowest BCUT2D eigenvalue weighted by atomic mass is 10.0. The quantitative estimate of drug-likeness (QED) is 0.842. The summed E-state index contributed by atoms with van der Waals surface area (Å²) in [5.41, 5.74) is 6.27. The van der Waals surface area contributed by atoms with Crippen molar-refractivity contribution in [3.05, 3.63) is 58.1 Å². The monoisotopic (exact) mass is 372 g/mol. The number of primary amides is 1. The van der Waals surface area contributed by atoms with Crippen molar-refractivity contribution in [2.45, 2.75) is 17.7 Å². The van der Waals surface area contributed by atoms with Gasteiger partial charge in [-0.15, -0.1) is 0 Å². The van der Waals surface area contributed by atoms with E-state index >= 15 is 0 Å². The van der Waals surface area contributed by atoms with E-state index in [0.717, 1.165) is 0 Å². The highest BCUT2D eigenvalue weighted by Gasteiger charge is 2.20. The molecule has 0 saturated heterocycles. The molecule has 0 spiro atoms. The SMILES string of the molecule is CC(C(N)=O)c1ccc(NS(=O)(=O)c2cccc(Cl)c2Cl)cc1. The average molecular weight is 373 g/mol. The minimum atomic E-state index is -3.87. The van der Waals surface area contributed by atoms with Crippen LogP contribution in [0.4, 0.5) is 5.69 Å². The molecule has 0 aliphatic carbocycles. The molecule has 1 atom stereocenters. The number of sulfonamides is 1. The fourth-order valence-corrected chi connectivity index (χ4v) is 3.73. The number of carbonyl (C=O) groups is 1. The van der Waals surface area contributed by atoms with E-state index in [9.17, 15) is 13.2 Å². The predicted octanol–water partition coefficient (Wildman–Crippen LogP) is 3.38. The average Bonchev–Trinajstić information content (AvgIpc) is 2.49. The van der Waals surface area contributed by atoms with Gasteiger partial charge in [-0.05, 0) is 36.8 Å². The minimum absolute atomic E-state index is 0.0411. The van der Waals surface area contributed by atoms with E-state index in [4.69, 9.17) is 28.9 Å². The van der Waals surface area contributed by atoms with E-state index in [1.54, 1.807) is 31.2 Å². The van der Waals surface area contributed by atoms with Crippen LogP contribution in [0.1, 0.15) is 18.4 Å². The summed E-state index contributed by atoms with van der Waals surface area (Å²) in [6.45, 7) is 1.67. The standard InChI is InChI=1S/C15H14Cl2N2O3S/c1-9(15(18)20)10-5-7-11(8-6-10)19-23(21,22)13-4-2-3-12(16)14(13)17/h2-9,19H,1H3,(H2,18,20). The molecule has 122 valence electrons. The number of benzene rings is 2. The van der Waals surface area contributed by atoms with E-state index in [2.05, 4.69) is 4.72 Å². The molecule has 2 aromatic carbocycles. The number of rotatable bonds is 5. The fraction of sp³-hybridized carbons (Fsp3) is 0.133. The second-order valence-electron chi connectivity index (χ2n) is 4.90. The molecule has 0 saturated carbocycles. The van der Waals surface area contributed by atoms with Gasteiger partial charge in [0.25, 0.3) is 10.0 Å². The maximum Gasteiger partial charge on any atom is 0.263 e. The van der Waals surface area contributed by atoms with Crippen LogP contribution in [-0.4, -0.2) is 14.3 Å². The van der Waals surface area contributed by atoms with Crippen LogP contribution in [-0.2, 0) is 14.8 Å². The van der Waals surface area contributed by atoms with Gasteiger partial charge in [-0.2, -0.15) is 0 Å². The minimum Gasteiger partial charge on any atom is -0.369 e. The Morgan fingerprint density at radius 3 is 2.30 bits per heavy atom. The molecule has 1 amide bonds. The normalized spacial score (nSPS) is 12.7. The highest BCUT2D eigenvalue weighted by atomic mass is 35.5. The third-order valence-corrected chi connectivity index (χ3v) is 5.65. The summed E-state index contributed by atoms with van der Waals surface area (Å²) in [5.74, 6) is -0.910. The number of hydrogen-bond acceptors (Lipinski definition) is 3. The van der Waals surface area contributed by atoms with Crippen LogP contribution >= 0.6 is 23.2 Å². The molecular formula is C15H14Cl2N2O3S. The molecule has 0 aliphatic heterocycles. The first kappa shape index (κ1) is 17.6. The van der Waals surface area contributed by atoms with Gasteiger partial charge < -0.3 is 5.73 Å². The lowest BCUT2D eigenvalue weighted by molar-refractivity contribution is -0.119. The molecule has 0 fully saturated rings. The summed E-state index contributed by atoms with van der Waals surface area (Å²) in [4.78, 5) is 11.0. The Morgan fingerprint density at radius 1 is 1.13 bits per heavy atom. The number of anilines is 1. The lowest BCUT2D eigenvalue weighted by Gasteiger charge is -2.12. The molecule has 3 N–H and O–H groups in total. The first-order valence-corrected chi connectivity index (χ1v) is 8.82. The van der Waals surface area contributed by atoms with Gasteiger partial charge in [-0.1, -0.05) is 41.4 Å². The Hall–Kier alpha value is -1.76. The van der Waals surface area contributed by atoms with Crippen LogP contribution in [0, 0.1) is 0 Å². The van der Waals surface area contributed by atoms with Gasteiger partial charge in [0.05, 0.1) is 16.0 Å². The first-order chi connectivity index (χ1) is 10.7. The van der Waals surface area contributed by atoms with Crippen molar-refractivity contribution in [2.24, 2.45) is 5.73 Å². The number of nitrogens with one attached hydrogen (secondary N) is 1. The van der Waals surface area contributed by atoms with Crippen LogP contribution in [0.15, 0.2) is 47.4 Å². The number of hydrogen-bond donors (Lipinski definition) is 2. The van der Waals surface area contributed by atoms with Crippen molar-refractivity contribution in [2.75, 3.05) is 4.72 Å². The third kappa shape index (κ3) is 3.96. The summed E-state index contributed by atoms with van der Waals surface area (Å²) >= 11 is 11.8. The molecular weight excluding hydrogens is 359 g/mol. The van der Waals surface area contributed by atoms with E-state index < -0.39 is 21.8 Å². The van der Waals surface area contributed by atoms with E-state index in [1.165, 1.54) is 18.2 Å². The molecule has 0 radical (unpaired) electrons. The Labute approximate surface area is 144 Å².